The number of pyridine rings is 1. The molecule has 36 heavy (non-hydrogen) atoms. The third-order valence-electron chi connectivity index (χ3n) is 5.84. The van der Waals surface area contributed by atoms with E-state index >= 15 is 0 Å². The third kappa shape index (κ3) is 3.90. The summed E-state index contributed by atoms with van der Waals surface area (Å²) >= 11 is 0. The molecular formula is C22H19F5N6O3. The molecule has 4 aromatic rings. The average molecular weight is 510 g/mol. The van der Waals surface area contributed by atoms with Crippen molar-refractivity contribution in [3.63, 3.8) is 0 Å². The summed E-state index contributed by atoms with van der Waals surface area (Å²) in [6.07, 6.45) is -6.23. The van der Waals surface area contributed by atoms with Crippen molar-refractivity contribution in [2.75, 3.05) is 6.54 Å². The average Bonchev–Trinajstić information content (AvgIpc) is 3.53. The summed E-state index contributed by atoms with van der Waals surface area (Å²) in [4.78, 5) is 25.5. The zero-order chi connectivity index (χ0) is 26.0. The molecule has 9 nitrogen and oxygen atoms in total. The fourth-order valence-corrected chi connectivity index (χ4v) is 4.20. The second-order valence-electron chi connectivity index (χ2n) is 8.83. The SMILES string of the molecule is CC(C)(O)c1nc(C(F)F)c(C(=O)N2CCc3[nH]cnc3C2c2cc3cccc(C(F)(F)F)n3n2)o1. The summed E-state index contributed by atoms with van der Waals surface area (Å²) in [6, 6.07) is 3.80. The van der Waals surface area contributed by atoms with E-state index in [2.05, 4.69) is 20.1 Å². The number of oxazole rings is 1. The molecule has 0 bridgehead atoms. The Bertz CT molecular complexity index is 1450. The van der Waals surface area contributed by atoms with Crippen LogP contribution in [-0.2, 0) is 18.2 Å². The van der Waals surface area contributed by atoms with Crippen molar-refractivity contribution in [2.24, 2.45) is 0 Å². The summed E-state index contributed by atoms with van der Waals surface area (Å²) < 4.78 is 74.2. The highest BCUT2D eigenvalue weighted by Gasteiger charge is 2.41. The highest BCUT2D eigenvalue weighted by molar-refractivity contribution is 5.93. The number of carbonyl (C=O) groups is 1. The van der Waals surface area contributed by atoms with E-state index < -0.39 is 53.2 Å². The Hall–Kier alpha value is -3.81. The van der Waals surface area contributed by atoms with Crippen molar-refractivity contribution in [2.45, 2.75) is 44.5 Å². The van der Waals surface area contributed by atoms with Gasteiger partial charge in [0.05, 0.1) is 23.2 Å². The van der Waals surface area contributed by atoms with Gasteiger partial charge in [-0.15, -0.1) is 0 Å². The predicted octanol–water partition coefficient (Wildman–Crippen LogP) is 4.02. The molecule has 1 atom stereocenters. The largest absolute Gasteiger partial charge is 0.433 e. The number of aromatic nitrogens is 5. The molecule has 0 saturated heterocycles. The van der Waals surface area contributed by atoms with Gasteiger partial charge >= 0.3 is 6.18 Å². The molecule has 1 amide bonds. The summed E-state index contributed by atoms with van der Waals surface area (Å²) in [5.41, 5.74) is -2.60. The number of rotatable bonds is 4. The number of nitrogens with zero attached hydrogens (tertiary/aromatic N) is 5. The number of carbonyl (C=O) groups excluding carboxylic acids is 1. The lowest BCUT2D eigenvalue weighted by Crippen LogP contribution is -2.41. The van der Waals surface area contributed by atoms with E-state index in [1.165, 1.54) is 38.4 Å². The van der Waals surface area contributed by atoms with Gasteiger partial charge in [-0.3, -0.25) is 4.79 Å². The Kier molecular flexibility index (Phi) is 5.39. The van der Waals surface area contributed by atoms with Gasteiger partial charge in [-0.1, -0.05) is 6.07 Å². The summed E-state index contributed by atoms with van der Waals surface area (Å²) in [5, 5.41) is 14.3. The van der Waals surface area contributed by atoms with Crippen molar-refractivity contribution >= 4 is 11.4 Å². The summed E-state index contributed by atoms with van der Waals surface area (Å²) in [5.74, 6) is -2.23. The number of H-pyrrole nitrogens is 1. The molecule has 0 aromatic carbocycles. The number of imidazole rings is 1. The number of aliphatic hydroxyl groups is 1. The maximum absolute atomic E-state index is 13.7. The molecule has 2 N–H and O–H groups in total. The lowest BCUT2D eigenvalue weighted by atomic mass is 9.99. The van der Waals surface area contributed by atoms with Gasteiger partial charge in [0.25, 0.3) is 12.3 Å². The van der Waals surface area contributed by atoms with Gasteiger partial charge in [0, 0.05) is 18.7 Å². The van der Waals surface area contributed by atoms with Crippen LogP contribution in [0.15, 0.2) is 35.0 Å². The molecule has 5 rings (SSSR count). The lowest BCUT2D eigenvalue weighted by Gasteiger charge is -2.33. The van der Waals surface area contributed by atoms with Crippen LogP contribution in [0.3, 0.4) is 0 Å². The molecule has 190 valence electrons. The zero-order valence-electron chi connectivity index (χ0n) is 18.8. The van der Waals surface area contributed by atoms with Crippen LogP contribution in [0.2, 0.25) is 0 Å². The van der Waals surface area contributed by atoms with E-state index in [1.54, 1.807) is 0 Å². The van der Waals surface area contributed by atoms with E-state index in [-0.39, 0.29) is 24.2 Å². The zero-order valence-corrected chi connectivity index (χ0v) is 18.8. The van der Waals surface area contributed by atoms with E-state index in [4.69, 9.17) is 4.42 Å². The number of amides is 1. The van der Waals surface area contributed by atoms with Crippen LogP contribution in [0.5, 0.6) is 0 Å². The number of halogens is 5. The molecule has 0 saturated carbocycles. The maximum Gasteiger partial charge on any atom is 0.433 e. The smallest absolute Gasteiger partial charge is 0.432 e. The Morgan fingerprint density at radius 2 is 2.03 bits per heavy atom. The van der Waals surface area contributed by atoms with Gasteiger partial charge in [-0.25, -0.2) is 23.3 Å². The number of fused-ring (bicyclic) bond motifs is 2. The Labute approximate surface area is 199 Å². The van der Waals surface area contributed by atoms with Gasteiger partial charge in [0.2, 0.25) is 11.7 Å². The molecule has 5 heterocycles. The van der Waals surface area contributed by atoms with Gasteiger partial charge in [-0.2, -0.15) is 18.3 Å². The molecular weight excluding hydrogens is 491 g/mol. The number of hydrogen-bond acceptors (Lipinski definition) is 6. The van der Waals surface area contributed by atoms with E-state index in [0.717, 1.165) is 11.0 Å². The minimum absolute atomic E-state index is 0.0000769. The van der Waals surface area contributed by atoms with Gasteiger partial charge < -0.3 is 19.4 Å². The molecule has 4 aromatic heterocycles. The number of alkyl halides is 5. The number of aromatic amines is 1. The number of nitrogens with one attached hydrogen (secondary N) is 1. The first kappa shape index (κ1) is 23.9. The second-order valence-corrected chi connectivity index (χ2v) is 8.83. The topological polar surface area (TPSA) is 113 Å². The summed E-state index contributed by atoms with van der Waals surface area (Å²) in [6.45, 7) is 2.52. The molecule has 0 spiro atoms. The standard InChI is InChI=1S/C22H19F5N6O3/c1-21(2,35)20-30-15(18(23)24)17(36-20)19(34)32-7-6-11-14(29-9-28-11)16(32)12-8-10-4-3-5-13(22(25,26)27)33(10)31-12/h3-5,8-9,16,18,35H,6-7H2,1-2H3,(H,28,29). The van der Waals surface area contributed by atoms with Crippen LogP contribution >= 0.6 is 0 Å². The van der Waals surface area contributed by atoms with E-state index in [9.17, 15) is 31.9 Å². The maximum atomic E-state index is 13.7. The van der Waals surface area contributed by atoms with Crippen molar-refractivity contribution < 1.29 is 36.3 Å². The van der Waals surface area contributed by atoms with Crippen molar-refractivity contribution in [1.29, 1.82) is 0 Å². The molecule has 14 heteroatoms. The lowest BCUT2D eigenvalue weighted by molar-refractivity contribution is -0.142. The molecule has 0 aliphatic carbocycles. The minimum Gasteiger partial charge on any atom is -0.432 e. The van der Waals surface area contributed by atoms with E-state index in [0.29, 0.717) is 15.9 Å². The molecule has 0 radical (unpaired) electrons. The van der Waals surface area contributed by atoms with Crippen molar-refractivity contribution in [3.05, 3.63) is 70.7 Å². The summed E-state index contributed by atoms with van der Waals surface area (Å²) in [7, 11) is 0. The van der Waals surface area contributed by atoms with Gasteiger partial charge in [0.1, 0.15) is 17.3 Å². The van der Waals surface area contributed by atoms with Crippen LogP contribution in [0, 0.1) is 0 Å². The fraction of sp³-hybridized carbons (Fsp3) is 0.364. The van der Waals surface area contributed by atoms with Crippen molar-refractivity contribution in [1.82, 2.24) is 29.5 Å². The third-order valence-corrected chi connectivity index (χ3v) is 5.84. The highest BCUT2D eigenvalue weighted by atomic mass is 19.4. The minimum atomic E-state index is -4.69. The van der Waals surface area contributed by atoms with Crippen LogP contribution < -0.4 is 0 Å². The number of hydrogen-bond donors (Lipinski definition) is 2. The quantitative estimate of drug-likeness (QED) is 0.401. The van der Waals surface area contributed by atoms with Crippen LogP contribution in [0.25, 0.3) is 5.52 Å². The Morgan fingerprint density at radius 3 is 2.69 bits per heavy atom. The molecule has 1 unspecified atom stereocenters. The first-order chi connectivity index (χ1) is 16.9. The van der Waals surface area contributed by atoms with E-state index in [1.807, 2.05) is 0 Å². The Balaban J connectivity index is 1.64. The van der Waals surface area contributed by atoms with Gasteiger partial charge in [0.15, 0.2) is 5.69 Å². The monoisotopic (exact) mass is 510 g/mol. The van der Waals surface area contributed by atoms with Gasteiger partial charge in [-0.05, 0) is 32.0 Å². The predicted molar refractivity (Wildman–Crippen MR) is 112 cm³/mol. The molecule has 1 aliphatic rings. The molecule has 0 fully saturated rings. The molecule has 1 aliphatic heterocycles. The van der Waals surface area contributed by atoms with Crippen LogP contribution in [-0.4, -0.2) is 47.0 Å². The second kappa shape index (κ2) is 8.11. The van der Waals surface area contributed by atoms with Crippen LogP contribution in [0.4, 0.5) is 22.0 Å². The first-order valence-electron chi connectivity index (χ1n) is 10.8. The normalized spacial score (nSPS) is 16.7. The highest BCUT2D eigenvalue weighted by Crippen LogP contribution is 2.37. The Morgan fingerprint density at radius 1 is 1.28 bits per heavy atom. The first-order valence-corrected chi connectivity index (χ1v) is 10.8. The van der Waals surface area contributed by atoms with Crippen molar-refractivity contribution in [3.8, 4) is 0 Å². The fourth-order valence-electron chi connectivity index (χ4n) is 4.20. The van der Waals surface area contributed by atoms with Crippen LogP contribution in [0.1, 0.15) is 71.2 Å².